The molecule has 0 fully saturated rings. The van der Waals surface area contributed by atoms with Gasteiger partial charge in [0.2, 0.25) is 0 Å². The molecule has 0 aromatic heterocycles. The maximum absolute atomic E-state index is 9.99. The van der Waals surface area contributed by atoms with Gasteiger partial charge in [-0.15, -0.1) is 0 Å². The molecule has 0 spiro atoms. The largest absolute Gasteiger partial charge is 0.384 e. The smallest absolute Gasteiger partial charge is 0.104 e. The number of benzene rings is 2. The van der Waals surface area contributed by atoms with Crippen LogP contribution in [0.15, 0.2) is 60.7 Å². The number of halogens is 1. The van der Waals surface area contributed by atoms with Crippen LogP contribution in [0.1, 0.15) is 17.2 Å². The molecule has 0 heterocycles. The molecule has 15 heavy (non-hydrogen) atoms. The summed E-state index contributed by atoms with van der Waals surface area (Å²) in [5.74, 6) is 0. The van der Waals surface area contributed by atoms with Crippen molar-refractivity contribution < 1.29 is 9.81 Å². The van der Waals surface area contributed by atoms with E-state index in [2.05, 4.69) is 0 Å². The standard InChI is InChI=1S/C13H12O.FH/c14-13(11-7-3-1-4-8-11)12-9-5-2-6-10-12;/h1-10,13-14H;1H. The number of rotatable bonds is 2. The zero-order valence-corrected chi connectivity index (χ0v) is 8.21. The van der Waals surface area contributed by atoms with Crippen LogP contribution < -0.4 is 0 Å². The molecule has 0 radical (unpaired) electrons. The summed E-state index contributed by atoms with van der Waals surface area (Å²) in [7, 11) is 0. The Balaban J connectivity index is 0.00000112. The molecule has 0 aliphatic heterocycles. The Hall–Kier alpha value is -1.67. The van der Waals surface area contributed by atoms with Gasteiger partial charge >= 0.3 is 0 Å². The second-order valence-corrected chi connectivity index (χ2v) is 3.22. The second kappa shape index (κ2) is 5.27. The van der Waals surface area contributed by atoms with Crippen molar-refractivity contribution in [3.8, 4) is 0 Å². The van der Waals surface area contributed by atoms with Gasteiger partial charge in [-0.3, -0.25) is 4.70 Å². The first-order valence-electron chi connectivity index (χ1n) is 4.66. The summed E-state index contributed by atoms with van der Waals surface area (Å²) in [6.07, 6.45) is -0.516. The summed E-state index contributed by atoms with van der Waals surface area (Å²) in [6, 6.07) is 19.3. The minimum absolute atomic E-state index is 0. The topological polar surface area (TPSA) is 20.2 Å². The predicted molar refractivity (Wildman–Crippen MR) is 59.4 cm³/mol. The predicted octanol–water partition coefficient (Wildman–Crippen LogP) is 2.92. The maximum Gasteiger partial charge on any atom is 0.104 e. The second-order valence-electron chi connectivity index (χ2n) is 3.22. The van der Waals surface area contributed by atoms with Crippen LogP contribution in [0.25, 0.3) is 0 Å². The van der Waals surface area contributed by atoms with E-state index in [9.17, 15) is 5.11 Å². The summed E-state index contributed by atoms with van der Waals surface area (Å²) in [4.78, 5) is 0. The molecule has 78 valence electrons. The SMILES string of the molecule is F.OC(c1ccccc1)c1ccccc1. The quantitative estimate of drug-likeness (QED) is 0.797. The van der Waals surface area contributed by atoms with E-state index in [-0.39, 0.29) is 4.70 Å². The summed E-state index contributed by atoms with van der Waals surface area (Å²) in [5, 5.41) is 9.99. The lowest BCUT2D eigenvalue weighted by Crippen LogP contribution is -1.98. The highest BCUT2D eigenvalue weighted by Gasteiger charge is 2.07. The Kier molecular flexibility index (Phi) is 4.01. The fourth-order valence-electron chi connectivity index (χ4n) is 1.46. The molecule has 0 saturated carbocycles. The Morgan fingerprint density at radius 1 is 0.667 bits per heavy atom. The molecule has 2 heteroatoms. The van der Waals surface area contributed by atoms with E-state index in [1.807, 2.05) is 60.7 Å². The Bertz CT molecular complexity index is 346. The van der Waals surface area contributed by atoms with Crippen molar-refractivity contribution in [1.82, 2.24) is 0 Å². The third-order valence-corrected chi connectivity index (χ3v) is 2.23. The van der Waals surface area contributed by atoms with Gasteiger partial charge in [0.05, 0.1) is 0 Å². The molecule has 0 amide bonds. The molecule has 2 aromatic carbocycles. The molecule has 1 nitrogen and oxygen atoms in total. The average molecular weight is 204 g/mol. The minimum atomic E-state index is -0.516. The Morgan fingerprint density at radius 3 is 1.33 bits per heavy atom. The van der Waals surface area contributed by atoms with Gasteiger partial charge in [0.25, 0.3) is 0 Å². The van der Waals surface area contributed by atoms with Crippen LogP contribution in [0.2, 0.25) is 0 Å². The number of hydrogen-bond acceptors (Lipinski definition) is 1. The Morgan fingerprint density at radius 2 is 1.00 bits per heavy atom. The summed E-state index contributed by atoms with van der Waals surface area (Å²) in [5.41, 5.74) is 1.86. The highest BCUT2D eigenvalue weighted by Crippen LogP contribution is 2.20. The third kappa shape index (κ3) is 2.64. The molecule has 1 N–H and O–H groups in total. The van der Waals surface area contributed by atoms with Crippen LogP contribution in [0.3, 0.4) is 0 Å². The number of aliphatic hydroxyl groups excluding tert-OH is 1. The van der Waals surface area contributed by atoms with E-state index < -0.39 is 6.10 Å². The lowest BCUT2D eigenvalue weighted by Gasteiger charge is -2.10. The molecule has 0 unspecified atom stereocenters. The van der Waals surface area contributed by atoms with Gasteiger partial charge in [-0.25, -0.2) is 0 Å². The van der Waals surface area contributed by atoms with Gasteiger partial charge in [0.15, 0.2) is 0 Å². The molecule has 2 aromatic rings. The normalized spacial score (nSPS) is 9.73. The fraction of sp³-hybridized carbons (Fsp3) is 0.0769. The van der Waals surface area contributed by atoms with E-state index in [1.165, 1.54) is 0 Å². The Labute approximate surface area is 88.4 Å². The first kappa shape index (κ1) is 11.4. The average Bonchev–Trinajstić information content (AvgIpc) is 2.30. The summed E-state index contributed by atoms with van der Waals surface area (Å²) >= 11 is 0. The molecule has 0 atom stereocenters. The van der Waals surface area contributed by atoms with Crippen LogP contribution in [-0.4, -0.2) is 5.11 Å². The van der Waals surface area contributed by atoms with Crippen LogP contribution in [0, 0.1) is 0 Å². The van der Waals surface area contributed by atoms with Gasteiger partial charge in [-0.2, -0.15) is 0 Å². The van der Waals surface area contributed by atoms with Crippen molar-refractivity contribution in [3.05, 3.63) is 71.8 Å². The third-order valence-electron chi connectivity index (χ3n) is 2.23. The molecule has 0 aliphatic rings. The van der Waals surface area contributed by atoms with Gasteiger partial charge in [0.1, 0.15) is 6.10 Å². The lowest BCUT2D eigenvalue weighted by atomic mass is 10.0. The van der Waals surface area contributed by atoms with E-state index >= 15 is 0 Å². The van der Waals surface area contributed by atoms with Crippen LogP contribution in [-0.2, 0) is 0 Å². The molecular weight excluding hydrogens is 191 g/mol. The fourth-order valence-corrected chi connectivity index (χ4v) is 1.46. The number of aliphatic hydroxyl groups is 1. The van der Waals surface area contributed by atoms with E-state index in [1.54, 1.807) is 0 Å². The summed E-state index contributed by atoms with van der Waals surface area (Å²) in [6.45, 7) is 0. The monoisotopic (exact) mass is 204 g/mol. The van der Waals surface area contributed by atoms with Gasteiger partial charge < -0.3 is 5.11 Å². The van der Waals surface area contributed by atoms with Crippen molar-refractivity contribution >= 4 is 0 Å². The highest BCUT2D eigenvalue weighted by atomic mass is 19.0. The van der Waals surface area contributed by atoms with Gasteiger partial charge in [0, 0.05) is 0 Å². The van der Waals surface area contributed by atoms with Crippen molar-refractivity contribution in [2.75, 3.05) is 0 Å². The first-order chi connectivity index (χ1) is 6.88. The van der Waals surface area contributed by atoms with Gasteiger partial charge in [-0.05, 0) is 11.1 Å². The first-order valence-corrected chi connectivity index (χ1v) is 4.66. The van der Waals surface area contributed by atoms with E-state index in [4.69, 9.17) is 0 Å². The van der Waals surface area contributed by atoms with Crippen molar-refractivity contribution in [2.45, 2.75) is 6.10 Å². The zero-order valence-electron chi connectivity index (χ0n) is 8.21. The van der Waals surface area contributed by atoms with Crippen LogP contribution in [0.4, 0.5) is 4.70 Å². The highest BCUT2D eigenvalue weighted by molar-refractivity contribution is 5.29. The molecular formula is C13H13FO. The van der Waals surface area contributed by atoms with Gasteiger partial charge in [-0.1, -0.05) is 60.7 Å². The molecule has 2 rings (SSSR count). The van der Waals surface area contributed by atoms with Crippen LogP contribution >= 0.6 is 0 Å². The minimum Gasteiger partial charge on any atom is -0.384 e. The van der Waals surface area contributed by atoms with Crippen LogP contribution in [0.5, 0.6) is 0 Å². The molecule has 0 saturated heterocycles. The molecule has 0 aliphatic carbocycles. The van der Waals surface area contributed by atoms with Crippen molar-refractivity contribution in [3.63, 3.8) is 0 Å². The van der Waals surface area contributed by atoms with E-state index in [0.29, 0.717) is 0 Å². The summed E-state index contributed by atoms with van der Waals surface area (Å²) < 4.78 is 0. The zero-order chi connectivity index (χ0) is 9.80. The maximum atomic E-state index is 9.99. The number of hydrogen-bond donors (Lipinski definition) is 1. The lowest BCUT2D eigenvalue weighted by molar-refractivity contribution is 0.220. The van der Waals surface area contributed by atoms with Crippen molar-refractivity contribution in [1.29, 1.82) is 0 Å². The van der Waals surface area contributed by atoms with Crippen molar-refractivity contribution in [2.24, 2.45) is 0 Å². The van der Waals surface area contributed by atoms with E-state index in [0.717, 1.165) is 11.1 Å². The molecule has 0 bridgehead atoms.